The number of halogens is 1. The van der Waals surface area contributed by atoms with Gasteiger partial charge in [-0.3, -0.25) is 4.79 Å². The molecule has 1 aliphatic heterocycles. The largest absolute Gasteiger partial charge is 0.361 e. The molecule has 6 heteroatoms. The Bertz CT molecular complexity index is 1190. The molecule has 3 heterocycles. The van der Waals surface area contributed by atoms with Crippen molar-refractivity contribution in [3.8, 4) is 10.6 Å². The van der Waals surface area contributed by atoms with Crippen molar-refractivity contribution in [2.45, 2.75) is 25.2 Å². The summed E-state index contributed by atoms with van der Waals surface area (Å²) in [7, 11) is 0. The molecule has 0 spiro atoms. The summed E-state index contributed by atoms with van der Waals surface area (Å²) in [6.07, 6.45) is 4.47. The fraction of sp³-hybridized carbons (Fsp3) is 0.250. The number of para-hydroxylation sites is 1. The molecule has 1 aliphatic rings. The summed E-state index contributed by atoms with van der Waals surface area (Å²) >= 11 is 7.81. The molecule has 2 aromatic heterocycles. The monoisotopic (exact) mass is 435 g/mol. The zero-order valence-corrected chi connectivity index (χ0v) is 18.0. The second-order valence-electron chi connectivity index (χ2n) is 7.75. The number of nitrogens with one attached hydrogen (secondary N) is 1. The number of amides is 1. The zero-order chi connectivity index (χ0) is 20.5. The highest BCUT2D eigenvalue weighted by molar-refractivity contribution is 7.13. The van der Waals surface area contributed by atoms with Crippen LogP contribution < -0.4 is 0 Å². The first kappa shape index (κ1) is 19.3. The van der Waals surface area contributed by atoms with Gasteiger partial charge in [0.1, 0.15) is 5.01 Å². The van der Waals surface area contributed by atoms with E-state index in [4.69, 9.17) is 11.6 Å². The lowest BCUT2D eigenvalue weighted by Crippen LogP contribution is -2.38. The van der Waals surface area contributed by atoms with Crippen LogP contribution in [0, 0.1) is 0 Å². The fourth-order valence-electron chi connectivity index (χ4n) is 4.28. The highest BCUT2D eigenvalue weighted by Gasteiger charge is 2.26. The minimum Gasteiger partial charge on any atom is -0.361 e. The standard InChI is InChI=1S/C24H22ClN3OS/c25-21-7-3-1-6-19(21)24-27-17(15-30-24)13-23(29)28-11-9-16(10-12-28)20-14-26-22-8-4-2-5-18(20)22/h1-8,14-16,26H,9-13H2. The lowest BCUT2D eigenvalue weighted by atomic mass is 9.89. The summed E-state index contributed by atoms with van der Waals surface area (Å²) in [5, 5.41) is 4.82. The van der Waals surface area contributed by atoms with Crippen molar-refractivity contribution in [3.05, 3.63) is 76.4 Å². The van der Waals surface area contributed by atoms with Gasteiger partial charge < -0.3 is 9.88 Å². The van der Waals surface area contributed by atoms with Gasteiger partial charge in [-0.2, -0.15) is 0 Å². The van der Waals surface area contributed by atoms with Crippen LogP contribution in [0.3, 0.4) is 0 Å². The fourth-order valence-corrected chi connectivity index (χ4v) is 5.42. The summed E-state index contributed by atoms with van der Waals surface area (Å²) in [5.41, 5.74) is 4.30. The summed E-state index contributed by atoms with van der Waals surface area (Å²) in [5.74, 6) is 0.652. The highest BCUT2D eigenvalue weighted by atomic mass is 35.5. The van der Waals surface area contributed by atoms with Crippen molar-refractivity contribution in [2.24, 2.45) is 0 Å². The number of piperidine rings is 1. The van der Waals surface area contributed by atoms with Crippen molar-refractivity contribution in [1.29, 1.82) is 0 Å². The minimum atomic E-state index is 0.156. The van der Waals surface area contributed by atoms with E-state index in [0.717, 1.165) is 42.2 Å². The van der Waals surface area contributed by atoms with Crippen LogP contribution in [0.2, 0.25) is 5.02 Å². The summed E-state index contributed by atoms with van der Waals surface area (Å²) < 4.78 is 0. The van der Waals surface area contributed by atoms with Crippen LogP contribution in [0.25, 0.3) is 21.5 Å². The average molecular weight is 436 g/mol. The molecule has 0 atom stereocenters. The van der Waals surface area contributed by atoms with Gasteiger partial charge >= 0.3 is 0 Å². The van der Waals surface area contributed by atoms with E-state index in [1.807, 2.05) is 34.5 Å². The third kappa shape index (κ3) is 3.75. The van der Waals surface area contributed by atoms with Gasteiger partial charge in [-0.1, -0.05) is 48.0 Å². The Hall–Kier alpha value is -2.63. The van der Waals surface area contributed by atoms with E-state index in [1.165, 1.54) is 27.8 Å². The lowest BCUT2D eigenvalue weighted by Gasteiger charge is -2.32. The number of benzene rings is 2. The molecule has 0 radical (unpaired) electrons. The van der Waals surface area contributed by atoms with Gasteiger partial charge in [-0.25, -0.2) is 4.98 Å². The smallest absolute Gasteiger partial charge is 0.228 e. The maximum Gasteiger partial charge on any atom is 0.228 e. The van der Waals surface area contributed by atoms with E-state index >= 15 is 0 Å². The molecule has 1 amide bonds. The highest BCUT2D eigenvalue weighted by Crippen LogP contribution is 2.34. The van der Waals surface area contributed by atoms with Crippen molar-refractivity contribution in [3.63, 3.8) is 0 Å². The van der Waals surface area contributed by atoms with E-state index < -0.39 is 0 Å². The first-order valence-electron chi connectivity index (χ1n) is 10.2. The van der Waals surface area contributed by atoms with Gasteiger partial charge in [0.2, 0.25) is 5.91 Å². The second-order valence-corrected chi connectivity index (χ2v) is 9.01. The van der Waals surface area contributed by atoms with Crippen molar-refractivity contribution >= 4 is 39.7 Å². The van der Waals surface area contributed by atoms with Crippen LogP contribution in [-0.2, 0) is 11.2 Å². The number of rotatable bonds is 4. The quantitative estimate of drug-likeness (QED) is 0.434. The number of likely N-dealkylation sites (tertiary alicyclic amines) is 1. The summed E-state index contributed by atoms with van der Waals surface area (Å²) in [6.45, 7) is 1.59. The van der Waals surface area contributed by atoms with Crippen LogP contribution in [0.15, 0.2) is 60.1 Å². The third-order valence-corrected chi connectivity index (χ3v) is 7.15. The van der Waals surface area contributed by atoms with Gasteiger partial charge in [0.25, 0.3) is 0 Å². The molecule has 152 valence electrons. The first-order chi connectivity index (χ1) is 14.7. The minimum absolute atomic E-state index is 0.156. The maximum atomic E-state index is 12.8. The molecule has 0 aliphatic carbocycles. The normalized spacial score (nSPS) is 15.0. The number of hydrogen-bond donors (Lipinski definition) is 1. The molecule has 30 heavy (non-hydrogen) atoms. The molecule has 1 N–H and O–H groups in total. The van der Waals surface area contributed by atoms with E-state index in [-0.39, 0.29) is 5.91 Å². The number of nitrogens with zero attached hydrogens (tertiary/aromatic N) is 2. The number of hydrogen-bond acceptors (Lipinski definition) is 3. The molecule has 1 saturated heterocycles. The van der Waals surface area contributed by atoms with Crippen LogP contribution in [0.1, 0.15) is 30.0 Å². The molecule has 0 bridgehead atoms. The SMILES string of the molecule is O=C(Cc1csc(-c2ccccc2Cl)n1)N1CCC(c2c[nH]c3ccccc23)CC1. The van der Waals surface area contributed by atoms with Crippen molar-refractivity contribution in [1.82, 2.24) is 14.9 Å². The van der Waals surface area contributed by atoms with Gasteiger partial charge in [-0.05, 0) is 36.5 Å². The Kier molecular flexibility index (Phi) is 5.32. The number of H-pyrrole nitrogens is 1. The van der Waals surface area contributed by atoms with E-state index in [1.54, 1.807) is 0 Å². The van der Waals surface area contributed by atoms with Gasteiger partial charge in [0.15, 0.2) is 0 Å². The number of fused-ring (bicyclic) bond motifs is 1. The topological polar surface area (TPSA) is 49.0 Å². The molecule has 4 nitrogen and oxygen atoms in total. The predicted octanol–water partition coefficient (Wildman–Crippen LogP) is 5.89. The molecular weight excluding hydrogens is 414 g/mol. The van der Waals surface area contributed by atoms with E-state index in [9.17, 15) is 4.79 Å². The van der Waals surface area contributed by atoms with Crippen LogP contribution in [0.4, 0.5) is 0 Å². The lowest BCUT2D eigenvalue weighted by molar-refractivity contribution is -0.131. The first-order valence-corrected chi connectivity index (χ1v) is 11.5. The molecular formula is C24H22ClN3OS. The van der Waals surface area contributed by atoms with Gasteiger partial charge in [0.05, 0.1) is 17.1 Å². The molecule has 4 aromatic rings. The van der Waals surface area contributed by atoms with E-state index in [0.29, 0.717) is 17.4 Å². The van der Waals surface area contributed by atoms with Gasteiger partial charge in [0, 0.05) is 41.1 Å². The van der Waals surface area contributed by atoms with E-state index in [2.05, 4.69) is 40.4 Å². The summed E-state index contributed by atoms with van der Waals surface area (Å²) in [6, 6.07) is 16.1. The molecule has 2 aromatic carbocycles. The van der Waals surface area contributed by atoms with Crippen molar-refractivity contribution in [2.75, 3.05) is 13.1 Å². The summed E-state index contributed by atoms with van der Waals surface area (Å²) in [4.78, 5) is 22.9. The van der Waals surface area contributed by atoms with Crippen LogP contribution >= 0.6 is 22.9 Å². The number of thiazole rings is 1. The zero-order valence-electron chi connectivity index (χ0n) is 16.5. The molecule has 5 rings (SSSR count). The van der Waals surface area contributed by atoms with Crippen molar-refractivity contribution < 1.29 is 4.79 Å². The Morgan fingerprint density at radius 2 is 1.90 bits per heavy atom. The number of carbonyl (C=O) groups excluding carboxylic acids is 1. The predicted molar refractivity (Wildman–Crippen MR) is 123 cm³/mol. The number of carbonyl (C=O) groups is 1. The Balaban J connectivity index is 1.22. The molecule has 0 saturated carbocycles. The maximum absolute atomic E-state index is 12.8. The third-order valence-electron chi connectivity index (χ3n) is 5.90. The number of aromatic amines is 1. The Morgan fingerprint density at radius 1 is 1.13 bits per heavy atom. The van der Waals surface area contributed by atoms with Crippen LogP contribution in [0.5, 0.6) is 0 Å². The number of aromatic nitrogens is 2. The molecule has 0 unspecified atom stereocenters. The Labute approximate surface area is 184 Å². The second kappa shape index (κ2) is 8.25. The van der Waals surface area contributed by atoms with Gasteiger partial charge in [-0.15, -0.1) is 11.3 Å². The average Bonchev–Trinajstić information content (AvgIpc) is 3.41. The molecule has 1 fully saturated rings. The Morgan fingerprint density at radius 3 is 2.73 bits per heavy atom. The van der Waals surface area contributed by atoms with Crippen LogP contribution in [-0.4, -0.2) is 33.9 Å².